The fourth-order valence-corrected chi connectivity index (χ4v) is 3.40. The molecule has 0 spiro atoms. The molecule has 21 heavy (non-hydrogen) atoms. The zero-order valence-corrected chi connectivity index (χ0v) is 12.0. The predicted molar refractivity (Wildman–Crippen MR) is 82.0 cm³/mol. The Morgan fingerprint density at radius 1 is 1.05 bits per heavy atom. The van der Waals surface area contributed by atoms with Crippen molar-refractivity contribution >= 4 is 0 Å². The maximum absolute atomic E-state index is 9.78. The normalized spacial score (nSPS) is 25.4. The maximum atomic E-state index is 9.78. The number of nitrogens with zero attached hydrogens (tertiary/aromatic N) is 2. The van der Waals surface area contributed by atoms with Crippen LogP contribution in [-0.4, -0.2) is 0 Å². The largest absolute Gasteiger partial charge is 0.196 e. The fraction of sp³-hybridized carbons (Fsp3) is 0.263. The van der Waals surface area contributed by atoms with Crippen molar-refractivity contribution in [1.82, 2.24) is 0 Å². The van der Waals surface area contributed by atoms with E-state index < -0.39 is 5.41 Å². The van der Waals surface area contributed by atoms with Crippen LogP contribution < -0.4 is 0 Å². The van der Waals surface area contributed by atoms with E-state index in [9.17, 15) is 10.5 Å². The van der Waals surface area contributed by atoms with Gasteiger partial charge in [-0.1, -0.05) is 65.8 Å². The number of benzene rings is 1. The summed E-state index contributed by atoms with van der Waals surface area (Å²) < 4.78 is 0. The summed E-state index contributed by atoms with van der Waals surface area (Å²) in [5.41, 5.74) is 2.43. The minimum Gasteiger partial charge on any atom is -0.196 e. The summed E-state index contributed by atoms with van der Waals surface area (Å²) in [6.45, 7) is 2.04. The number of aryl methyl sites for hydroxylation is 1. The maximum Gasteiger partial charge on any atom is 0.160 e. The summed E-state index contributed by atoms with van der Waals surface area (Å²) in [5, 5.41) is 19.6. The average molecular weight is 272 g/mol. The van der Waals surface area contributed by atoms with Crippen LogP contribution in [0.15, 0.2) is 60.2 Å². The van der Waals surface area contributed by atoms with Gasteiger partial charge >= 0.3 is 0 Å². The Bertz CT molecular complexity index is 706. The molecule has 102 valence electrons. The fourth-order valence-electron chi connectivity index (χ4n) is 3.40. The van der Waals surface area contributed by atoms with Crippen LogP contribution in [0.2, 0.25) is 0 Å². The molecule has 1 saturated carbocycles. The molecule has 0 saturated heterocycles. The zero-order chi connectivity index (χ0) is 14.9. The molecular formula is C19H16N2. The Hall–Kier alpha value is -2.58. The quantitative estimate of drug-likeness (QED) is 0.769. The van der Waals surface area contributed by atoms with Crippen molar-refractivity contribution in [2.24, 2.45) is 11.3 Å². The molecule has 2 aliphatic carbocycles. The van der Waals surface area contributed by atoms with Gasteiger partial charge in [-0.2, -0.15) is 10.5 Å². The summed E-state index contributed by atoms with van der Waals surface area (Å²) in [4.78, 5) is 0. The minimum atomic E-state index is -1.01. The number of rotatable bonds is 1. The number of nitriles is 2. The molecule has 0 bridgehead atoms. The van der Waals surface area contributed by atoms with Crippen LogP contribution in [0.1, 0.15) is 23.5 Å². The molecule has 3 rings (SSSR count). The first-order chi connectivity index (χ1) is 10.2. The summed E-state index contributed by atoms with van der Waals surface area (Å²) in [5.74, 6) is -0.186. The van der Waals surface area contributed by atoms with Crippen LogP contribution in [0.4, 0.5) is 0 Å². The molecule has 2 atom stereocenters. The van der Waals surface area contributed by atoms with E-state index in [0.29, 0.717) is 0 Å². The van der Waals surface area contributed by atoms with E-state index in [2.05, 4.69) is 30.3 Å². The highest BCUT2D eigenvalue weighted by molar-refractivity contribution is 5.46. The van der Waals surface area contributed by atoms with Gasteiger partial charge in [-0.25, -0.2) is 0 Å². The summed E-state index contributed by atoms with van der Waals surface area (Å²) >= 11 is 0. The van der Waals surface area contributed by atoms with E-state index in [-0.39, 0.29) is 11.8 Å². The average Bonchev–Trinajstić information content (AvgIpc) is 2.65. The van der Waals surface area contributed by atoms with Crippen molar-refractivity contribution in [3.63, 3.8) is 0 Å². The van der Waals surface area contributed by atoms with Gasteiger partial charge in [0.1, 0.15) is 0 Å². The van der Waals surface area contributed by atoms with Gasteiger partial charge in [-0.15, -0.1) is 0 Å². The van der Waals surface area contributed by atoms with E-state index >= 15 is 0 Å². The van der Waals surface area contributed by atoms with Crippen LogP contribution in [0, 0.1) is 40.9 Å². The van der Waals surface area contributed by atoms with Gasteiger partial charge in [0.2, 0.25) is 0 Å². The van der Waals surface area contributed by atoms with Gasteiger partial charge in [-0.05, 0) is 18.9 Å². The Morgan fingerprint density at radius 3 is 2.43 bits per heavy atom. The highest BCUT2D eigenvalue weighted by Crippen LogP contribution is 2.56. The Kier molecular flexibility index (Phi) is 3.24. The molecule has 1 aromatic carbocycles. The molecule has 2 unspecified atom stereocenters. The SMILES string of the molecule is Cc1ccc(C2CC3=CC=CC=CC3C2(C#N)C#N)cc1. The van der Waals surface area contributed by atoms with Crippen LogP contribution in [0.5, 0.6) is 0 Å². The van der Waals surface area contributed by atoms with Gasteiger partial charge in [0.15, 0.2) is 5.41 Å². The highest BCUT2D eigenvalue weighted by atomic mass is 14.6. The number of hydrogen-bond donors (Lipinski definition) is 0. The second-order valence-corrected chi connectivity index (χ2v) is 5.75. The Balaban J connectivity index is 2.13. The zero-order valence-electron chi connectivity index (χ0n) is 12.0. The first-order valence-corrected chi connectivity index (χ1v) is 7.14. The third kappa shape index (κ3) is 2.01. The minimum absolute atomic E-state index is 0.0690. The first kappa shape index (κ1) is 13.4. The van der Waals surface area contributed by atoms with Crippen molar-refractivity contribution in [2.75, 3.05) is 0 Å². The molecule has 2 aliphatic rings. The van der Waals surface area contributed by atoms with Crippen molar-refractivity contribution in [3.8, 4) is 12.1 Å². The lowest BCUT2D eigenvalue weighted by Gasteiger charge is -2.25. The number of fused-ring (bicyclic) bond motifs is 1. The van der Waals surface area contributed by atoms with Gasteiger partial charge in [0.05, 0.1) is 12.1 Å². The molecule has 0 aromatic heterocycles. The molecular weight excluding hydrogens is 256 g/mol. The molecule has 0 aliphatic heterocycles. The third-order valence-corrected chi connectivity index (χ3v) is 4.57. The van der Waals surface area contributed by atoms with E-state index in [1.54, 1.807) is 0 Å². The van der Waals surface area contributed by atoms with E-state index in [0.717, 1.165) is 12.0 Å². The smallest absolute Gasteiger partial charge is 0.160 e. The van der Waals surface area contributed by atoms with Crippen molar-refractivity contribution in [3.05, 3.63) is 71.3 Å². The van der Waals surface area contributed by atoms with Crippen molar-refractivity contribution < 1.29 is 0 Å². The lowest BCUT2D eigenvalue weighted by molar-refractivity contribution is 0.416. The second-order valence-electron chi connectivity index (χ2n) is 5.75. The van der Waals surface area contributed by atoms with Crippen LogP contribution in [0.25, 0.3) is 0 Å². The Labute approximate surface area is 125 Å². The molecule has 0 N–H and O–H groups in total. The molecule has 0 heterocycles. The van der Waals surface area contributed by atoms with Crippen molar-refractivity contribution in [2.45, 2.75) is 19.3 Å². The van der Waals surface area contributed by atoms with Gasteiger partial charge < -0.3 is 0 Å². The second kappa shape index (κ2) is 5.08. The van der Waals surface area contributed by atoms with Crippen LogP contribution >= 0.6 is 0 Å². The lowest BCUT2D eigenvalue weighted by atomic mass is 9.71. The van der Waals surface area contributed by atoms with Gasteiger partial charge in [0.25, 0.3) is 0 Å². The molecule has 0 amide bonds. The monoisotopic (exact) mass is 272 g/mol. The molecule has 1 fully saturated rings. The number of allylic oxidation sites excluding steroid dienone is 6. The lowest BCUT2D eigenvalue weighted by Crippen LogP contribution is -2.27. The van der Waals surface area contributed by atoms with Gasteiger partial charge in [0, 0.05) is 11.8 Å². The standard InChI is InChI=1S/C19H16N2/c1-14-7-9-15(10-8-14)18-11-16-5-3-2-4-6-17(16)19(18,12-20)13-21/h2-10,17-18H,11H2,1H3. The molecule has 1 aromatic rings. The van der Waals surface area contributed by atoms with Gasteiger partial charge in [-0.3, -0.25) is 0 Å². The number of hydrogen-bond acceptors (Lipinski definition) is 2. The Morgan fingerprint density at radius 2 is 1.76 bits per heavy atom. The topological polar surface area (TPSA) is 47.6 Å². The first-order valence-electron chi connectivity index (χ1n) is 7.14. The van der Waals surface area contributed by atoms with E-state index in [1.165, 1.54) is 11.1 Å². The van der Waals surface area contributed by atoms with Crippen LogP contribution in [0.3, 0.4) is 0 Å². The third-order valence-electron chi connectivity index (χ3n) is 4.57. The van der Waals surface area contributed by atoms with Crippen LogP contribution in [-0.2, 0) is 0 Å². The molecule has 2 heteroatoms. The van der Waals surface area contributed by atoms with E-state index in [4.69, 9.17) is 0 Å². The molecule has 2 nitrogen and oxygen atoms in total. The summed E-state index contributed by atoms with van der Waals surface area (Å²) in [7, 11) is 0. The predicted octanol–water partition coefficient (Wildman–Crippen LogP) is 4.18. The van der Waals surface area contributed by atoms with E-state index in [1.807, 2.05) is 43.4 Å². The van der Waals surface area contributed by atoms with Crippen molar-refractivity contribution in [1.29, 1.82) is 10.5 Å². The summed E-state index contributed by atoms with van der Waals surface area (Å²) in [6.07, 6.45) is 10.7. The summed E-state index contributed by atoms with van der Waals surface area (Å²) in [6, 6.07) is 12.9. The molecule has 0 radical (unpaired) electrons. The highest BCUT2D eigenvalue weighted by Gasteiger charge is 2.53.